The predicted molar refractivity (Wildman–Crippen MR) is 28.8 cm³/mol. The second kappa shape index (κ2) is 2.24. The number of aliphatic imine (C=N–C) groups is 1. The lowest BCUT2D eigenvalue weighted by atomic mass is 10.5. The monoisotopic (exact) mass is 99.0 g/mol. The molecule has 0 aliphatic carbocycles. The fourth-order valence-corrected chi connectivity index (χ4v) is 0.760. The molecular weight excluding hydrogens is 94.1 g/mol. The molecule has 0 saturated heterocycles. The van der Waals surface area contributed by atoms with Crippen LogP contribution >= 0.6 is 11.8 Å². The first-order valence-corrected chi connectivity index (χ1v) is 2.75. The predicted octanol–water partition coefficient (Wildman–Crippen LogP) is 1.19. The molecule has 2 heteroatoms. The summed E-state index contributed by atoms with van der Waals surface area (Å²) in [6, 6.07) is 0. The van der Waals surface area contributed by atoms with Gasteiger partial charge in [0.05, 0.1) is 11.3 Å². The molecule has 0 atom stereocenters. The van der Waals surface area contributed by atoms with E-state index in [-0.39, 0.29) is 0 Å². The highest BCUT2D eigenvalue weighted by Gasteiger charge is 1.89. The Bertz CT molecular complexity index is 52.6. The van der Waals surface area contributed by atoms with Crippen LogP contribution in [0.2, 0.25) is 0 Å². The summed E-state index contributed by atoms with van der Waals surface area (Å²) in [4.78, 5) is 3.95. The summed E-state index contributed by atoms with van der Waals surface area (Å²) in [5.74, 6) is 3.05. The van der Waals surface area contributed by atoms with Crippen molar-refractivity contribution in [2.45, 2.75) is 6.42 Å². The number of rotatable bonds is 0. The molecule has 2 radical (unpaired) electrons. The standard InChI is InChI=1S/C4H5NS/c1-2-5-4-6-3-1/h4H,1-2H2. The van der Waals surface area contributed by atoms with E-state index in [0.717, 1.165) is 13.0 Å². The topological polar surface area (TPSA) is 12.4 Å². The largest absolute Gasteiger partial charge is 0.286 e. The molecule has 0 aromatic carbocycles. The van der Waals surface area contributed by atoms with Crippen LogP contribution in [0.3, 0.4) is 0 Å². The average Bonchev–Trinajstić information content (AvgIpc) is 1.72. The Hall–Kier alpha value is 0.0200. The van der Waals surface area contributed by atoms with Crippen molar-refractivity contribution in [1.29, 1.82) is 0 Å². The van der Waals surface area contributed by atoms with Crippen molar-refractivity contribution in [1.82, 2.24) is 0 Å². The molecule has 1 rings (SSSR count). The minimum atomic E-state index is 0.938. The maximum atomic E-state index is 3.95. The zero-order valence-corrected chi connectivity index (χ0v) is 4.16. The smallest absolute Gasteiger partial charge is 0.0563 e. The molecule has 0 N–H and O–H groups in total. The molecule has 1 aliphatic heterocycles. The molecule has 0 saturated carbocycles. The molecule has 32 valence electrons. The highest BCUT2D eigenvalue weighted by molar-refractivity contribution is 8.13. The van der Waals surface area contributed by atoms with Gasteiger partial charge in [-0.1, -0.05) is 0 Å². The van der Waals surface area contributed by atoms with Gasteiger partial charge in [0, 0.05) is 6.54 Å². The first-order chi connectivity index (χ1) is 3.00. The molecule has 0 aromatic rings. The summed E-state index contributed by atoms with van der Waals surface area (Å²) in [5.41, 5.74) is 1.82. The maximum Gasteiger partial charge on any atom is 0.0563 e. The minimum Gasteiger partial charge on any atom is -0.286 e. The van der Waals surface area contributed by atoms with Gasteiger partial charge in [-0.25, -0.2) is 0 Å². The molecule has 0 fully saturated rings. The molecule has 0 bridgehead atoms. The van der Waals surface area contributed by atoms with Crippen molar-refractivity contribution in [3.8, 4) is 0 Å². The number of nitrogens with zero attached hydrogens (tertiary/aromatic N) is 1. The van der Waals surface area contributed by atoms with Gasteiger partial charge in [-0.2, -0.15) is 0 Å². The van der Waals surface area contributed by atoms with Gasteiger partial charge < -0.3 is 0 Å². The van der Waals surface area contributed by atoms with E-state index < -0.39 is 0 Å². The summed E-state index contributed by atoms with van der Waals surface area (Å²) >= 11 is 1.55. The normalized spacial score (nSPS) is 21.3. The van der Waals surface area contributed by atoms with Crippen molar-refractivity contribution in [2.75, 3.05) is 6.54 Å². The number of thioether (sulfide) groups is 1. The van der Waals surface area contributed by atoms with E-state index in [2.05, 4.69) is 10.7 Å². The third-order valence-corrected chi connectivity index (χ3v) is 1.18. The van der Waals surface area contributed by atoms with Gasteiger partial charge in [0.2, 0.25) is 0 Å². The van der Waals surface area contributed by atoms with E-state index in [4.69, 9.17) is 0 Å². The first kappa shape index (κ1) is 4.19. The van der Waals surface area contributed by atoms with E-state index in [1.54, 1.807) is 11.8 Å². The van der Waals surface area contributed by atoms with Gasteiger partial charge in [0.1, 0.15) is 0 Å². The van der Waals surface area contributed by atoms with Crippen molar-refractivity contribution in [3.05, 3.63) is 5.75 Å². The van der Waals surface area contributed by atoms with Gasteiger partial charge in [-0.3, -0.25) is 4.99 Å². The molecular formula is C4H5NS. The lowest BCUT2D eigenvalue weighted by molar-refractivity contribution is 0.995. The minimum absolute atomic E-state index is 0.938. The Balaban J connectivity index is 2.26. The number of hydrogen-bond donors (Lipinski definition) is 0. The van der Waals surface area contributed by atoms with Crippen molar-refractivity contribution in [2.24, 2.45) is 4.99 Å². The molecule has 0 spiro atoms. The molecule has 1 nitrogen and oxygen atoms in total. The molecule has 0 amide bonds. The van der Waals surface area contributed by atoms with Crippen LogP contribution in [0.15, 0.2) is 4.99 Å². The summed E-state index contributed by atoms with van der Waals surface area (Å²) in [5, 5.41) is 0. The maximum absolute atomic E-state index is 3.95. The molecule has 0 unspecified atom stereocenters. The van der Waals surface area contributed by atoms with Crippen LogP contribution in [0.4, 0.5) is 0 Å². The highest BCUT2D eigenvalue weighted by Crippen LogP contribution is 2.08. The second-order valence-corrected chi connectivity index (χ2v) is 1.76. The Labute approximate surface area is 41.8 Å². The average molecular weight is 99.2 g/mol. The van der Waals surface area contributed by atoms with E-state index in [9.17, 15) is 0 Å². The first-order valence-electron chi connectivity index (χ1n) is 1.87. The molecule has 1 heterocycles. The van der Waals surface area contributed by atoms with Crippen molar-refractivity contribution < 1.29 is 0 Å². The van der Waals surface area contributed by atoms with Gasteiger partial charge >= 0.3 is 0 Å². The lowest BCUT2D eigenvalue weighted by Crippen LogP contribution is -1.84. The fourth-order valence-electron chi connectivity index (χ4n) is 0.296. The van der Waals surface area contributed by atoms with Crippen LogP contribution in [-0.2, 0) is 0 Å². The zero-order chi connectivity index (χ0) is 4.24. The Morgan fingerprint density at radius 3 is 3.00 bits per heavy atom. The molecule has 1 aliphatic rings. The Morgan fingerprint density at radius 2 is 2.83 bits per heavy atom. The van der Waals surface area contributed by atoms with Crippen LogP contribution in [0.25, 0.3) is 0 Å². The van der Waals surface area contributed by atoms with Crippen LogP contribution in [0.5, 0.6) is 0 Å². The van der Waals surface area contributed by atoms with E-state index >= 15 is 0 Å². The van der Waals surface area contributed by atoms with Gasteiger partial charge in [-0.15, -0.1) is 11.8 Å². The van der Waals surface area contributed by atoms with Gasteiger partial charge in [0.25, 0.3) is 0 Å². The van der Waals surface area contributed by atoms with E-state index in [1.807, 2.05) is 5.55 Å². The van der Waals surface area contributed by atoms with Gasteiger partial charge in [-0.05, 0) is 6.42 Å². The molecule has 6 heavy (non-hydrogen) atoms. The van der Waals surface area contributed by atoms with Crippen LogP contribution in [0.1, 0.15) is 6.42 Å². The Kier molecular flexibility index (Phi) is 1.56. The quantitative estimate of drug-likeness (QED) is 0.444. The Morgan fingerprint density at radius 1 is 1.83 bits per heavy atom. The van der Waals surface area contributed by atoms with Crippen molar-refractivity contribution >= 4 is 17.3 Å². The summed E-state index contributed by atoms with van der Waals surface area (Å²) in [7, 11) is 0. The summed E-state index contributed by atoms with van der Waals surface area (Å²) in [6.07, 6.45) is 1.02. The fraction of sp³-hybridized carbons (Fsp3) is 0.500. The van der Waals surface area contributed by atoms with E-state index in [0.29, 0.717) is 0 Å². The third kappa shape index (κ3) is 1.01. The van der Waals surface area contributed by atoms with Crippen LogP contribution in [0, 0.1) is 5.75 Å². The lowest BCUT2D eigenvalue weighted by Gasteiger charge is -1.95. The third-order valence-electron chi connectivity index (χ3n) is 0.554. The zero-order valence-electron chi connectivity index (χ0n) is 3.35. The second-order valence-electron chi connectivity index (χ2n) is 1.02. The summed E-state index contributed by atoms with van der Waals surface area (Å²) in [6.45, 7) is 0.938. The van der Waals surface area contributed by atoms with Crippen LogP contribution < -0.4 is 0 Å². The summed E-state index contributed by atoms with van der Waals surface area (Å²) < 4.78 is 0. The van der Waals surface area contributed by atoms with E-state index in [1.165, 1.54) is 0 Å². The van der Waals surface area contributed by atoms with Gasteiger partial charge in [0.15, 0.2) is 0 Å². The highest BCUT2D eigenvalue weighted by atomic mass is 32.2. The van der Waals surface area contributed by atoms with Crippen molar-refractivity contribution in [3.63, 3.8) is 0 Å². The molecule has 0 aromatic heterocycles. The number of hydrogen-bond acceptors (Lipinski definition) is 2. The van der Waals surface area contributed by atoms with Crippen LogP contribution in [-0.4, -0.2) is 12.1 Å². The SMILES string of the molecule is [C]1CCN=CS1.